The number of ether oxygens (including phenoxy) is 1. The normalized spacial score (nSPS) is 16.7. The quantitative estimate of drug-likeness (QED) is 0.705. The maximum absolute atomic E-state index is 12.3. The number of benzene rings is 2. The number of H-pyrrole nitrogens is 1. The Balaban J connectivity index is 0.000000170. The molecule has 1 aromatic heterocycles. The fraction of sp³-hybridized carbons (Fsp3) is 0.333. The summed E-state index contributed by atoms with van der Waals surface area (Å²) >= 11 is 0. The average molecular weight is 358 g/mol. The Morgan fingerprint density at radius 1 is 1.15 bits per heavy atom. The van der Waals surface area contributed by atoms with Gasteiger partial charge in [0.25, 0.3) is 0 Å². The highest BCUT2D eigenvalue weighted by Gasteiger charge is 2.24. The SMILES string of the molecule is CCN1Cc2[nH]c3ccccc3c2C[C@H]1C.COc1cc(F)cc(F)c1. The Kier molecular flexibility index (Phi) is 5.57. The van der Waals surface area contributed by atoms with Crippen molar-refractivity contribution in [3.8, 4) is 5.75 Å². The Labute approximate surface area is 152 Å². The van der Waals surface area contributed by atoms with E-state index in [0.717, 1.165) is 31.3 Å². The number of methoxy groups -OCH3 is 1. The molecule has 0 aliphatic carbocycles. The van der Waals surface area contributed by atoms with Crippen molar-refractivity contribution in [1.82, 2.24) is 9.88 Å². The van der Waals surface area contributed by atoms with Crippen molar-refractivity contribution >= 4 is 10.9 Å². The van der Waals surface area contributed by atoms with Crippen LogP contribution in [0.3, 0.4) is 0 Å². The van der Waals surface area contributed by atoms with Crippen LogP contribution in [0.15, 0.2) is 42.5 Å². The van der Waals surface area contributed by atoms with Crippen molar-refractivity contribution in [1.29, 1.82) is 0 Å². The van der Waals surface area contributed by atoms with Gasteiger partial charge in [-0.3, -0.25) is 4.90 Å². The van der Waals surface area contributed by atoms with Gasteiger partial charge in [-0.15, -0.1) is 0 Å². The molecular weight excluding hydrogens is 334 g/mol. The molecule has 26 heavy (non-hydrogen) atoms. The van der Waals surface area contributed by atoms with E-state index in [4.69, 9.17) is 0 Å². The van der Waals surface area contributed by atoms with Gasteiger partial charge in [0.1, 0.15) is 17.4 Å². The predicted molar refractivity (Wildman–Crippen MR) is 100 cm³/mol. The van der Waals surface area contributed by atoms with Crippen LogP contribution < -0.4 is 4.74 Å². The van der Waals surface area contributed by atoms with Gasteiger partial charge in [0.05, 0.1) is 7.11 Å². The largest absolute Gasteiger partial charge is 0.497 e. The number of hydrogen-bond donors (Lipinski definition) is 1. The lowest BCUT2D eigenvalue weighted by atomic mass is 9.98. The van der Waals surface area contributed by atoms with Crippen molar-refractivity contribution in [3.63, 3.8) is 0 Å². The van der Waals surface area contributed by atoms with Crippen LogP contribution in [0.5, 0.6) is 5.75 Å². The average Bonchev–Trinajstić information content (AvgIpc) is 2.98. The molecular formula is C21H24F2N2O. The van der Waals surface area contributed by atoms with E-state index >= 15 is 0 Å². The molecule has 0 saturated heterocycles. The number of aromatic amines is 1. The van der Waals surface area contributed by atoms with Gasteiger partial charge in [-0.05, 0) is 31.5 Å². The number of hydrogen-bond acceptors (Lipinski definition) is 2. The first-order valence-electron chi connectivity index (χ1n) is 8.84. The van der Waals surface area contributed by atoms with E-state index in [9.17, 15) is 8.78 Å². The molecule has 4 rings (SSSR count). The molecule has 138 valence electrons. The minimum absolute atomic E-state index is 0.192. The third-order valence-electron chi connectivity index (χ3n) is 4.86. The summed E-state index contributed by atoms with van der Waals surface area (Å²) in [7, 11) is 1.36. The van der Waals surface area contributed by atoms with Crippen LogP contribution in [0.25, 0.3) is 10.9 Å². The van der Waals surface area contributed by atoms with E-state index in [0.29, 0.717) is 6.04 Å². The van der Waals surface area contributed by atoms with Crippen LogP contribution in [0.4, 0.5) is 8.78 Å². The number of likely N-dealkylation sites (N-methyl/N-ethyl adjacent to an activating group) is 1. The molecule has 1 aliphatic rings. The summed E-state index contributed by atoms with van der Waals surface area (Å²) in [4.78, 5) is 6.08. The molecule has 0 spiro atoms. The van der Waals surface area contributed by atoms with E-state index in [-0.39, 0.29) is 5.75 Å². The number of rotatable bonds is 2. The zero-order valence-corrected chi connectivity index (χ0v) is 15.4. The second kappa shape index (κ2) is 7.87. The van der Waals surface area contributed by atoms with E-state index in [1.165, 1.54) is 35.7 Å². The number of nitrogens with zero attached hydrogens (tertiary/aromatic N) is 1. The number of fused-ring (bicyclic) bond motifs is 3. The van der Waals surface area contributed by atoms with Crippen LogP contribution in [0.1, 0.15) is 25.1 Å². The molecule has 2 heterocycles. The molecule has 0 unspecified atom stereocenters. The molecule has 0 radical (unpaired) electrons. The van der Waals surface area contributed by atoms with Gasteiger partial charge in [0.15, 0.2) is 0 Å². The molecule has 1 atom stereocenters. The summed E-state index contributed by atoms with van der Waals surface area (Å²) in [5.41, 5.74) is 4.24. The third kappa shape index (κ3) is 3.88. The first kappa shape index (κ1) is 18.4. The van der Waals surface area contributed by atoms with Crippen molar-refractivity contribution in [3.05, 3.63) is 65.4 Å². The first-order chi connectivity index (χ1) is 12.5. The summed E-state index contributed by atoms with van der Waals surface area (Å²) < 4.78 is 29.2. The van der Waals surface area contributed by atoms with Gasteiger partial charge in [-0.2, -0.15) is 0 Å². The minimum Gasteiger partial charge on any atom is -0.497 e. The summed E-state index contributed by atoms with van der Waals surface area (Å²) in [6, 6.07) is 12.3. The standard InChI is InChI=1S/C14H18N2.C7H6F2O/c1-3-16-9-14-12(8-10(16)2)11-6-4-5-7-13(11)15-14;1-10-7-3-5(8)2-6(9)4-7/h4-7,10,15H,3,8-9H2,1-2H3;2-4H,1H3/t10-;/m1./s1. The van der Waals surface area contributed by atoms with Gasteiger partial charge in [0, 0.05) is 47.4 Å². The van der Waals surface area contributed by atoms with Crippen molar-refractivity contribution < 1.29 is 13.5 Å². The van der Waals surface area contributed by atoms with Crippen LogP contribution >= 0.6 is 0 Å². The molecule has 0 amide bonds. The summed E-state index contributed by atoms with van der Waals surface area (Å²) in [6.07, 6.45) is 1.17. The Bertz CT molecular complexity index is 871. The van der Waals surface area contributed by atoms with E-state index < -0.39 is 11.6 Å². The molecule has 3 nitrogen and oxygen atoms in total. The third-order valence-corrected chi connectivity index (χ3v) is 4.86. The molecule has 0 bridgehead atoms. The van der Waals surface area contributed by atoms with Gasteiger partial charge >= 0.3 is 0 Å². The number of aromatic nitrogens is 1. The van der Waals surface area contributed by atoms with Crippen molar-refractivity contribution in [2.45, 2.75) is 32.9 Å². The van der Waals surface area contributed by atoms with E-state index in [1.54, 1.807) is 0 Å². The van der Waals surface area contributed by atoms with Gasteiger partial charge in [-0.25, -0.2) is 8.78 Å². The summed E-state index contributed by atoms with van der Waals surface area (Å²) in [6.45, 7) is 6.77. The smallest absolute Gasteiger partial charge is 0.129 e. The number of halogens is 2. The molecule has 3 aromatic rings. The van der Waals surface area contributed by atoms with Crippen LogP contribution in [-0.4, -0.2) is 29.6 Å². The highest BCUT2D eigenvalue weighted by atomic mass is 19.1. The Morgan fingerprint density at radius 3 is 2.50 bits per heavy atom. The van der Waals surface area contributed by atoms with Crippen LogP contribution in [-0.2, 0) is 13.0 Å². The second-order valence-corrected chi connectivity index (χ2v) is 6.55. The lowest BCUT2D eigenvalue weighted by Gasteiger charge is -2.32. The lowest BCUT2D eigenvalue weighted by molar-refractivity contribution is 0.193. The molecule has 0 fully saturated rings. The van der Waals surface area contributed by atoms with Gasteiger partial charge < -0.3 is 9.72 Å². The molecule has 1 aliphatic heterocycles. The van der Waals surface area contributed by atoms with E-state index in [2.05, 4.69) is 52.7 Å². The lowest BCUT2D eigenvalue weighted by Crippen LogP contribution is -2.37. The second-order valence-electron chi connectivity index (χ2n) is 6.55. The fourth-order valence-electron chi connectivity index (χ4n) is 3.48. The van der Waals surface area contributed by atoms with E-state index in [1.807, 2.05) is 0 Å². The Hall–Kier alpha value is -2.40. The molecule has 2 aromatic carbocycles. The number of nitrogens with one attached hydrogen (secondary N) is 1. The topological polar surface area (TPSA) is 28.3 Å². The monoisotopic (exact) mass is 358 g/mol. The molecule has 0 saturated carbocycles. The highest BCUT2D eigenvalue weighted by molar-refractivity contribution is 5.84. The number of para-hydroxylation sites is 1. The molecule has 5 heteroatoms. The predicted octanol–water partition coefficient (Wildman–Crippen LogP) is 4.91. The zero-order chi connectivity index (χ0) is 18.7. The summed E-state index contributed by atoms with van der Waals surface area (Å²) in [5, 5.41) is 1.42. The fourth-order valence-corrected chi connectivity index (χ4v) is 3.48. The maximum atomic E-state index is 12.3. The van der Waals surface area contributed by atoms with Crippen molar-refractivity contribution in [2.75, 3.05) is 13.7 Å². The Morgan fingerprint density at radius 2 is 1.85 bits per heavy atom. The van der Waals surface area contributed by atoms with Crippen LogP contribution in [0, 0.1) is 11.6 Å². The highest BCUT2D eigenvalue weighted by Crippen LogP contribution is 2.29. The summed E-state index contributed by atoms with van der Waals surface area (Å²) in [5.74, 6) is -1.06. The van der Waals surface area contributed by atoms with Crippen molar-refractivity contribution in [2.24, 2.45) is 0 Å². The van der Waals surface area contributed by atoms with Gasteiger partial charge in [0.2, 0.25) is 0 Å². The van der Waals surface area contributed by atoms with Gasteiger partial charge in [-0.1, -0.05) is 25.1 Å². The minimum atomic E-state index is -0.628. The first-order valence-corrected chi connectivity index (χ1v) is 8.84. The maximum Gasteiger partial charge on any atom is 0.129 e. The molecule has 1 N–H and O–H groups in total. The zero-order valence-electron chi connectivity index (χ0n) is 15.4. The van der Waals surface area contributed by atoms with Crippen LogP contribution in [0.2, 0.25) is 0 Å².